The van der Waals surface area contributed by atoms with Gasteiger partial charge in [0, 0.05) is 0 Å². The van der Waals surface area contributed by atoms with Gasteiger partial charge in [0.1, 0.15) is 6.20 Å². The van der Waals surface area contributed by atoms with Crippen LogP contribution in [0, 0.1) is 10.1 Å². The van der Waals surface area contributed by atoms with Gasteiger partial charge in [0.2, 0.25) is 5.75 Å². The molecule has 0 fully saturated rings. The van der Waals surface area contributed by atoms with Crippen LogP contribution in [0.5, 0.6) is 5.75 Å². The molecule has 0 saturated carbocycles. The number of hydrogen-bond donors (Lipinski definition) is 0. The molecule has 0 unspecified atom stereocenters. The summed E-state index contributed by atoms with van der Waals surface area (Å²) in [7, 11) is 0. The summed E-state index contributed by atoms with van der Waals surface area (Å²) in [4.78, 5) is 13.2. The molecular formula is C6H5ClN2O3. The van der Waals surface area contributed by atoms with Crippen LogP contribution in [0.3, 0.4) is 0 Å². The summed E-state index contributed by atoms with van der Waals surface area (Å²) in [6, 6.07) is 2.84. The van der Waals surface area contributed by atoms with Crippen LogP contribution in [0.25, 0.3) is 0 Å². The lowest BCUT2D eigenvalue weighted by molar-refractivity contribution is -0.390. The number of pyridine rings is 1. The Labute approximate surface area is 73.1 Å². The molecule has 6 heteroatoms. The van der Waals surface area contributed by atoms with Gasteiger partial charge in [-0.25, -0.2) is 0 Å². The molecule has 1 heterocycles. The second kappa shape index (κ2) is 3.87. The highest BCUT2D eigenvalue weighted by Crippen LogP contribution is 2.22. The van der Waals surface area contributed by atoms with Crippen molar-refractivity contribution in [3.05, 3.63) is 28.4 Å². The molecular weight excluding hydrogens is 184 g/mol. The third kappa shape index (κ3) is 1.82. The molecule has 0 amide bonds. The summed E-state index contributed by atoms with van der Waals surface area (Å²) in [5.74, 6) is -0.240. The van der Waals surface area contributed by atoms with Crippen LogP contribution in [0.15, 0.2) is 18.3 Å². The van der Waals surface area contributed by atoms with Gasteiger partial charge in [-0.05, 0) is 22.0 Å². The number of nitrogens with zero attached hydrogens (tertiary/aromatic N) is 2. The van der Waals surface area contributed by atoms with E-state index in [0.717, 1.165) is 0 Å². The average molecular weight is 189 g/mol. The number of rotatable bonds is 3. The Morgan fingerprint density at radius 1 is 1.75 bits per heavy atom. The van der Waals surface area contributed by atoms with Crippen LogP contribution >= 0.6 is 11.6 Å². The fourth-order valence-electron chi connectivity index (χ4n) is 0.691. The van der Waals surface area contributed by atoms with Crippen molar-refractivity contribution in [2.45, 2.75) is 0 Å². The Kier molecular flexibility index (Phi) is 2.82. The topological polar surface area (TPSA) is 65.3 Å². The highest BCUT2D eigenvalue weighted by atomic mass is 35.5. The first-order chi connectivity index (χ1) is 5.75. The molecule has 64 valence electrons. The van der Waals surface area contributed by atoms with Gasteiger partial charge in [-0.1, -0.05) is 11.6 Å². The van der Waals surface area contributed by atoms with Gasteiger partial charge in [-0.3, -0.25) is 0 Å². The highest BCUT2D eigenvalue weighted by molar-refractivity contribution is 6.17. The fourth-order valence-corrected chi connectivity index (χ4v) is 0.808. The van der Waals surface area contributed by atoms with Crippen molar-refractivity contribution in [2.24, 2.45) is 0 Å². The molecule has 0 aliphatic carbocycles. The van der Waals surface area contributed by atoms with Crippen LogP contribution in [0.2, 0.25) is 0 Å². The minimum absolute atomic E-state index is 0.0810. The molecule has 0 saturated heterocycles. The molecule has 1 rings (SSSR count). The molecule has 0 bridgehead atoms. The Hall–Kier alpha value is -1.36. The van der Waals surface area contributed by atoms with Crippen molar-refractivity contribution in [3.63, 3.8) is 0 Å². The summed E-state index contributed by atoms with van der Waals surface area (Å²) < 4.78 is 4.76. The lowest BCUT2D eigenvalue weighted by Gasteiger charge is -2.00. The molecule has 1 aromatic rings. The molecule has 0 radical (unpaired) electrons. The van der Waals surface area contributed by atoms with E-state index in [1.807, 2.05) is 0 Å². The van der Waals surface area contributed by atoms with Crippen LogP contribution in [-0.4, -0.2) is 16.0 Å². The average Bonchev–Trinajstić information content (AvgIpc) is 2.05. The summed E-state index contributed by atoms with van der Waals surface area (Å²) in [6.07, 6.45) is 1.32. The fraction of sp³-hybridized carbons (Fsp3) is 0.167. The quantitative estimate of drug-likeness (QED) is 0.410. The lowest BCUT2D eigenvalue weighted by Crippen LogP contribution is -1.97. The molecule has 0 spiro atoms. The van der Waals surface area contributed by atoms with E-state index in [-0.39, 0.29) is 17.6 Å². The van der Waals surface area contributed by atoms with Gasteiger partial charge in [-0.15, -0.1) is 0 Å². The zero-order valence-corrected chi connectivity index (χ0v) is 6.69. The first-order valence-electron chi connectivity index (χ1n) is 3.04. The number of alkyl halides is 1. The van der Waals surface area contributed by atoms with Gasteiger partial charge < -0.3 is 14.9 Å². The van der Waals surface area contributed by atoms with Crippen LogP contribution < -0.4 is 4.74 Å². The summed E-state index contributed by atoms with van der Waals surface area (Å²) in [5.41, 5.74) is 0. The lowest BCUT2D eigenvalue weighted by atomic mass is 10.4. The molecule has 0 aliphatic rings. The predicted molar refractivity (Wildman–Crippen MR) is 42.2 cm³/mol. The summed E-state index contributed by atoms with van der Waals surface area (Å²) in [6.45, 7) is 0. The van der Waals surface area contributed by atoms with Crippen molar-refractivity contribution in [1.82, 2.24) is 4.98 Å². The van der Waals surface area contributed by atoms with Crippen LogP contribution in [0.4, 0.5) is 5.82 Å². The predicted octanol–water partition coefficient (Wildman–Crippen LogP) is 1.56. The summed E-state index contributed by atoms with van der Waals surface area (Å²) in [5, 5.41) is 10.3. The van der Waals surface area contributed by atoms with E-state index in [1.165, 1.54) is 18.3 Å². The van der Waals surface area contributed by atoms with Crippen LogP contribution in [0.1, 0.15) is 0 Å². The van der Waals surface area contributed by atoms with E-state index < -0.39 is 4.92 Å². The number of ether oxygens (including phenoxy) is 1. The van der Waals surface area contributed by atoms with E-state index in [2.05, 4.69) is 4.98 Å². The van der Waals surface area contributed by atoms with Crippen LogP contribution in [-0.2, 0) is 0 Å². The van der Waals surface area contributed by atoms with E-state index in [9.17, 15) is 10.1 Å². The maximum atomic E-state index is 10.3. The normalized spacial score (nSPS) is 9.42. The smallest absolute Gasteiger partial charge is 0.406 e. The second-order valence-corrected chi connectivity index (χ2v) is 2.05. The number of aromatic nitrogens is 1. The molecule has 12 heavy (non-hydrogen) atoms. The Morgan fingerprint density at radius 2 is 2.50 bits per heavy atom. The first kappa shape index (κ1) is 8.73. The number of hydrogen-bond acceptors (Lipinski definition) is 4. The van der Waals surface area contributed by atoms with Crippen molar-refractivity contribution >= 4 is 17.4 Å². The SMILES string of the molecule is O=[N+]([O-])c1ncccc1OCCl. The Morgan fingerprint density at radius 3 is 3.08 bits per heavy atom. The molecule has 0 N–H and O–H groups in total. The van der Waals surface area contributed by atoms with E-state index >= 15 is 0 Å². The first-order valence-corrected chi connectivity index (χ1v) is 3.57. The van der Waals surface area contributed by atoms with Gasteiger partial charge in [0.05, 0.1) is 0 Å². The highest BCUT2D eigenvalue weighted by Gasteiger charge is 2.14. The summed E-state index contributed by atoms with van der Waals surface area (Å²) >= 11 is 5.24. The van der Waals surface area contributed by atoms with Gasteiger partial charge in [-0.2, -0.15) is 0 Å². The molecule has 5 nitrogen and oxygen atoms in total. The maximum Gasteiger partial charge on any atom is 0.406 e. The third-order valence-electron chi connectivity index (χ3n) is 1.13. The van der Waals surface area contributed by atoms with Gasteiger partial charge in [0.25, 0.3) is 0 Å². The Balaban J connectivity index is 3.00. The molecule has 0 aromatic carbocycles. The minimum Gasteiger partial charge on any atom is -0.469 e. The molecule has 0 aliphatic heterocycles. The minimum atomic E-state index is -0.623. The number of nitro groups is 1. The maximum absolute atomic E-state index is 10.3. The molecule has 0 atom stereocenters. The number of halogens is 1. The van der Waals surface area contributed by atoms with Crippen molar-refractivity contribution in [1.29, 1.82) is 0 Å². The largest absolute Gasteiger partial charge is 0.469 e. The van der Waals surface area contributed by atoms with Crippen molar-refractivity contribution < 1.29 is 9.66 Å². The van der Waals surface area contributed by atoms with E-state index in [1.54, 1.807) is 0 Å². The monoisotopic (exact) mass is 188 g/mol. The third-order valence-corrected chi connectivity index (χ3v) is 1.24. The zero-order chi connectivity index (χ0) is 8.97. The zero-order valence-electron chi connectivity index (χ0n) is 5.94. The molecule has 1 aromatic heterocycles. The van der Waals surface area contributed by atoms with Gasteiger partial charge >= 0.3 is 5.82 Å². The Bertz CT molecular complexity index is 292. The van der Waals surface area contributed by atoms with Crippen molar-refractivity contribution in [3.8, 4) is 5.75 Å². The van der Waals surface area contributed by atoms with Crippen molar-refractivity contribution in [2.75, 3.05) is 6.07 Å². The van der Waals surface area contributed by atoms with E-state index in [0.29, 0.717) is 0 Å². The standard InChI is InChI=1S/C6H5ClN2O3/c7-4-12-5-2-1-3-8-6(5)9(10)11/h1-3H,4H2. The second-order valence-electron chi connectivity index (χ2n) is 1.84. The van der Waals surface area contributed by atoms with E-state index in [4.69, 9.17) is 16.3 Å². The van der Waals surface area contributed by atoms with Gasteiger partial charge in [0.15, 0.2) is 6.07 Å².